The van der Waals surface area contributed by atoms with Gasteiger partial charge in [0.05, 0.1) is 24.6 Å². The van der Waals surface area contributed by atoms with Crippen molar-refractivity contribution in [2.24, 2.45) is 0 Å². The summed E-state index contributed by atoms with van der Waals surface area (Å²) in [6.45, 7) is 5.21. The predicted molar refractivity (Wildman–Crippen MR) is 105 cm³/mol. The normalized spacial score (nSPS) is 11.2. The van der Waals surface area contributed by atoms with E-state index in [1.165, 1.54) is 0 Å². The van der Waals surface area contributed by atoms with E-state index in [1.54, 1.807) is 55.5 Å². The van der Waals surface area contributed by atoms with Crippen molar-refractivity contribution in [1.82, 2.24) is 5.32 Å². The molecule has 146 valence electrons. The second kappa shape index (κ2) is 10.7. The summed E-state index contributed by atoms with van der Waals surface area (Å²) in [5.41, 5.74) is 1.01. The number of rotatable bonds is 10. The number of ketones is 1. The first kappa shape index (κ1) is 20.9. The Kier molecular flexibility index (Phi) is 7.96. The van der Waals surface area contributed by atoms with Crippen LogP contribution in [0.2, 0.25) is 0 Å². The molecular formula is C22H23NO5. The molecule has 0 aliphatic carbocycles. The summed E-state index contributed by atoms with van der Waals surface area (Å²) in [7, 11) is 0. The number of benzene rings is 2. The monoisotopic (exact) mass is 381 g/mol. The van der Waals surface area contributed by atoms with E-state index >= 15 is 0 Å². The highest BCUT2D eigenvalue weighted by Crippen LogP contribution is 2.21. The minimum atomic E-state index is -0.538. The molecule has 2 aromatic carbocycles. The van der Waals surface area contributed by atoms with Crippen LogP contribution in [0.4, 0.5) is 0 Å². The summed E-state index contributed by atoms with van der Waals surface area (Å²) >= 11 is 0. The van der Waals surface area contributed by atoms with Crippen molar-refractivity contribution < 1.29 is 23.9 Å². The van der Waals surface area contributed by atoms with Crippen LogP contribution in [0.3, 0.4) is 0 Å². The third kappa shape index (κ3) is 6.39. The van der Waals surface area contributed by atoms with Gasteiger partial charge < -0.3 is 14.8 Å². The van der Waals surface area contributed by atoms with Crippen LogP contribution in [0.25, 0.3) is 0 Å². The third-order valence-electron chi connectivity index (χ3n) is 3.80. The van der Waals surface area contributed by atoms with Crippen LogP contribution in [0.5, 0.6) is 5.75 Å². The fraction of sp³-hybridized carbons (Fsp3) is 0.227. The Morgan fingerprint density at radius 3 is 2.46 bits per heavy atom. The highest BCUT2D eigenvalue weighted by Gasteiger charge is 2.15. The van der Waals surface area contributed by atoms with Gasteiger partial charge in [0.25, 0.3) is 0 Å². The molecule has 0 heterocycles. The SMILES string of the molecule is C=CC(=O)OCC(C)NC(=O)CCOc1ccccc1C(=O)c1ccccc1. The Morgan fingerprint density at radius 1 is 1.07 bits per heavy atom. The molecule has 1 unspecified atom stereocenters. The van der Waals surface area contributed by atoms with Gasteiger partial charge in [0.2, 0.25) is 5.91 Å². The zero-order valence-corrected chi connectivity index (χ0v) is 15.7. The first-order valence-corrected chi connectivity index (χ1v) is 8.91. The van der Waals surface area contributed by atoms with Gasteiger partial charge in [-0.05, 0) is 19.1 Å². The molecule has 0 saturated carbocycles. The number of carbonyl (C=O) groups excluding carboxylic acids is 3. The number of carbonyl (C=O) groups is 3. The Bertz CT molecular complexity index is 832. The van der Waals surface area contributed by atoms with Crippen molar-refractivity contribution >= 4 is 17.7 Å². The first-order valence-electron chi connectivity index (χ1n) is 8.91. The molecule has 0 aliphatic rings. The number of amides is 1. The number of para-hydroxylation sites is 1. The van der Waals surface area contributed by atoms with E-state index in [1.807, 2.05) is 6.07 Å². The molecule has 1 amide bonds. The molecule has 2 rings (SSSR count). The van der Waals surface area contributed by atoms with Crippen LogP contribution in [0.15, 0.2) is 67.3 Å². The van der Waals surface area contributed by atoms with Gasteiger partial charge in [-0.3, -0.25) is 9.59 Å². The van der Waals surface area contributed by atoms with Gasteiger partial charge in [0.1, 0.15) is 12.4 Å². The van der Waals surface area contributed by atoms with Gasteiger partial charge >= 0.3 is 5.97 Å². The summed E-state index contributed by atoms with van der Waals surface area (Å²) < 4.78 is 10.5. The van der Waals surface area contributed by atoms with E-state index in [2.05, 4.69) is 11.9 Å². The smallest absolute Gasteiger partial charge is 0.330 e. The van der Waals surface area contributed by atoms with Gasteiger partial charge in [-0.1, -0.05) is 49.0 Å². The fourth-order valence-electron chi connectivity index (χ4n) is 2.43. The van der Waals surface area contributed by atoms with E-state index in [0.717, 1.165) is 6.08 Å². The van der Waals surface area contributed by atoms with Crippen LogP contribution >= 0.6 is 0 Å². The standard InChI is InChI=1S/C22H23NO5/c1-3-21(25)28-15-16(2)23-20(24)13-14-27-19-12-8-7-11-18(19)22(26)17-9-5-4-6-10-17/h3-12,16H,1,13-15H2,2H3,(H,23,24). The Labute approximate surface area is 164 Å². The zero-order chi connectivity index (χ0) is 20.4. The molecule has 6 heteroatoms. The summed E-state index contributed by atoms with van der Waals surface area (Å²) in [5, 5.41) is 2.71. The molecule has 0 aliphatic heterocycles. The Morgan fingerprint density at radius 2 is 1.75 bits per heavy atom. The second-order valence-corrected chi connectivity index (χ2v) is 6.09. The van der Waals surface area contributed by atoms with E-state index < -0.39 is 5.97 Å². The highest BCUT2D eigenvalue weighted by atomic mass is 16.5. The van der Waals surface area contributed by atoms with Crippen molar-refractivity contribution in [1.29, 1.82) is 0 Å². The first-order chi connectivity index (χ1) is 13.5. The maximum absolute atomic E-state index is 12.7. The lowest BCUT2D eigenvalue weighted by Crippen LogP contribution is -2.37. The van der Waals surface area contributed by atoms with Gasteiger partial charge in [0.15, 0.2) is 5.78 Å². The Hall–Kier alpha value is -3.41. The average molecular weight is 381 g/mol. The van der Waals surface area contributed by atoms with Crippen molar-refractivity contribution in [3.05, 3.63) is 78.4 Å². The molecule has 2 aromatic rings. The van der Waals surface area contributed by atoms with E-state index in [0.29, 0.717) is 16.9 Å². The zero-order valence-electron chi connectivity index (χ0n) is 15.7. The lowest BCUT2D eigenvalue weighted by Gasteiger charge is -2.14. The van der Waals surface area contributed by atoms with Crippen LogP contribution in [0, 0.1) is 0 Å². The molecule has 0 spiro atoms. The number of hydrogen-bond donors (Lipinski definition) is 1. The minimum Gasteiger partial charge on any atom is -0.492 e. The van der Waals surface area contributed by atoms with Crippen molar-refractivity contribution in [2.75, 3.05) is 13.2 Å². The quantitative estimate of drug-likeness (QED) is 0.389. The fourth-order valence-corrected chi connectivity index (χ4v) is 2.43. The predicted octanol–water partition coefficient (Wildman–Crippen LogP) is 2.92. The van der Waals surface area contributed by atoms with E-state index in [-0.39, 0.29) is 37.4 Å². The molecule has 0 fully saturated rings. The summed E-state index contributed by atoms with van der Waals surface area (Å²) in [6.07, 6.45) is 1.17. The molecule has 0 radical (unpaired) electrons. The molecule has 0 saturated heterocycles. The minimum absolute atomic E-state index is 0.0614. The number of nitrogens with one attached hydrogen (secondary N) is 1. The Balaban J connectivity index is 1.86. The van der Waals surface area contributed by atoms with Crippen LogP contribution in [-0.2, 0) is 14.3 Å². The second-order valence-electron chi connectivity index (χ2n) is 6.09. The summed E-state index contributed by atoms with van der Waals surface area (Å²) in [4.78, 5) is 35.7. The van der Waals surface area contributed by atoms with Crippen molar-refractivity contribution in [3.63, 3.8) is 0 Å². The summed E-state index contributed by atoms with van der Waals surface area (Å²) in [6, 6.07) is 15.5. The van der Waals surface area contributed by atoms with Crippen LogP contribution < -0.4 is 10.1 Å². The van der Waals surface area contributed by atoms with E-state index in [4.69, 9.17) is 9.47 Å². The largest absolute Gasteiger partial charge is 0.492 e. The maximum Gasteiger partial charge on any atom is 0.330 e. The van der Waals surface area contributed by atoms with Gasteiger partial charge in [-0.15, -0.1) is 0 Å². The molecule has 1 atom stereocenters. The van der Waals surface area contributed by atoms with Crippen LogP contribution in [-0.4, -0.2) is 36.9 Å². The average Bonchev–Trinajstić information content (AvgIpc) is 2.72. The molecule has 1 N–H and O–H groups in total. The molecular weight excluding hydrogens is 358 g/mol. The third-order valence-corrected chi connectivity index (χ3v) is 3.80. The number of esters is 1. The van der Waals surface area contributed by atoms with E-state index in [9.17, 15) is 14.4 Å². The van der Waals surface area contributed by atoms with Gasteiger partial charge in [-0.2, -0.15) is 0 Å². The topological polar surface area (TPSA) is 81.7 Å². The van der Waals surface area contributed by atoms with Gasteiger partial charge in [-0.25, -0.2) is 4.79 Å². The van der Waals surface area contributed by atoms with Crippen molar-refractivity contribution in [3.8, 4) is 5.75 Å². The molecule has 6 nitrogen and oxygen atoms in total. The lowest BCUT2D eigenvalue weighted by atomic mass is 10.0. The van der Waals surface area contributed by atoms with Crippen molar-refractivity contribution in [2.45, 2.75) is 19.4 Å². The lowest BCUT2D eigenvalue weighted by molar-refractivity contribution is -0.139. The van der Waals surface area contributed by atoms with Crippen LogP contribution in [0.1, 0.15) is 29.3 Å². The number of hydrogen-bond acceptors (Lipinski definition) is 5. The highest BCUT2D eigenvalue weighted by molar-refractivity contribution is 6.10. The summed E-state index contributed by atoms with van der Waals surface area (Å²) in [5.74, 6) is -0.492. The molecule has 0 aromatic heterocycles. The maximum atomic E-state index is 12.7. The number of ether oxygens (including phenoxy) is 2. The van der Waals surface area contributed by atoms with Gasteiger partial charge in [0, 0.05) is 11.6 Å². The molecule has 0 bridgehead atoms. The molecule has 28 heavy (non-hydrogen) atoms.